The van der Waals surface area contributed by atoms with Gasteiger partial charge in [0.2, 0.25) is 5.91 Å². The smallest absolute Gasteiger partial charge is 0.315 e. The molecular weight excluding hydrogens is 274 g/mol. The van der Waals surface area contributed by atoms with E-state index in [9.17, 15) is 14.4 Å². The molecule has 0 aromatic carbocycles. The zero-order chi connectivity index (χ0) is 16.6. The van der Waals surface area contributed by atoms with E-state index < -0.39 is 18.0 Å². The zero-order valence-corrected chi connectivity index (χ0v) is 13.4. The van der Waals surface area contributed by atoms with Crippen LogP contribution in [0.25, 0.3) is 0 Å². The average Bonchev–Trinajstić information content (AvgIpc) is 2.21. The van der Waals surface area contributed by atoms with Crippen LogP contribution in [0.4, 0.5) is 4.79 Å². The van der Waals surface area contributed by atoms with Crippen LogP contribution in [0.3, 0.4) is 0 Å². The van der Waals surface area contributed by atoms with Crippen molar-refractivity contribution in [2.45, 2.75) is 59.5 Å². The van der Waals surface area contributed by atoms with Crippen molar-refractivity contribution in [1.82, 2.24) is 16.0 Å². The highest BCUT2D eigenvalue weighted by Crippen LogP contribution is 2.22. The molecular formula is C14H27N3O4. The second-order valence-corrected chi connectivity index (χ2v) is 6.61. The molecule has 0 heterocycles. The Morgan fingerprint density at radius 1 is 1.10 bits per heavy atom. The van der Waals surface area contributed by atoms with Crippen molar-refractivity contribution in [1.29, 1.82) is 0 Å². The molecule has 0 aliphatic rings. The lowest BCUT2D eigenvalue weighted by Gasteiger charge is -2.25. The average molecular weight is 301 g/mol. The van der Waals surface area contributed by atoms with Crippen LogP contribution in [-0.2, 0) is 9.59 Å². The number of aliphatic carboxylic acids is 1. The van der Waals surface area contributed by atoms with E-state index in [0.717, 1.165) is 0 Å². The van der Waals surface area contributed by atoms with E-state index in [1.807, 2.05) is 34.6 Å². The highest BCUT2D eigenvalue weighted by molar-refractivity contribution is 5.84. The van der Waals surface area contributed by atoms with Gasteiger partial charge in [0, 0.05) is 12.1 Å². The quantitative estimate of drug-likeness (QED) is 0.564. The topological polar surface area (TPSA) is 108 Å². The molecule has 0 aromatic rings. The molecule has 0 bridgehead atoms. The lowest BCUT2D eigenvalue weighted by molar-refractivity contribution is -0.137. The van der Waals surface area contributed by atoms with E-state index in [4.69, 9.17) is 5.11 Å². The number of carbonyl (C=O) groups is 3. The van der Waals surface area contributed by atoms with Crippen LogP contribution in [0.1, 0.15) is 47.5 Å². The minimum absolute atomic E-state index is 0.00279. The van der Waals surface area contributed by atoms with E-state index in [0.29, 0.717) is 6.42 Å². The van der Waals surface area contributed by atoms with Crippen molar-refractivity contribution in [2.75, 3.05) is 6.54 Å². The summed E-state index contributed by atoms with van der Waals surface area (Å²) in [6, 6.07) is -1.01. The van der Waals surface area contributed by atoms with Gasteiger partial charge in [0.1, 0.15) is 0 Å². The number of urea groups is 1. The molecule has 0 saturated carbocycles. The highest BCUT2D eigenvalue weighted by atomic mass is 16.4. The number of hydrogen-bond acceptors (Lipinski definition) is 3. The van der Waals surface area contributed by atoms with Crippen LogP contribution in [0.5, 0.6) is 0 Å². The molecule has 0 rings (SSSR count). The van der Waals surface area contributed by atoms with E-state index in [1.165, 1.54) is 0 Å². The highest BCUT2D eigenvalue weighted by Gasteiger charge is 2.22. The van der Waals surface area contributed by atoms with Gasteiger partial charge < -0.3 is 21.1 Å². The van der Waals surface area contributed by atoms with Crippen molar-refractivity contribution in [3.05, 3.63) is 0 Å². The lowest BCUT2D eigenvalue weighted by Crippen LogP contribution is -2.48. The molecule has 1 atom stereocenters. The maximum absolute atomic E-state index is 11.7. The largest absolute Gasteiger partial charge is 0.481 e. The van der Waals surface area contributed by atoms with Crippen molar-refractivity contribution < 1.29 is 19.5 Å². The van der Waals surface area contributed by atoms with E-state index >= 15 is 0 Å². The number of rotatable bonds is 7. The lowest BCUT2D eigenvalue weighted by atomic mass is 9.87. The standard InChI is InChI=1S/C14H27N3O4/c1-9(2)16-11(18)8-15-13(21)17-10(6-12(19)20)7-14(3,4)5/h9-10H,6-8H2,1-5H3,(H,16,18)(H,19,20)(H2,15,17,21). The van der Waals surface area contributed by atoms with Gasteiger partial charge in [-0.25, -0.2) is 4.79 Å². The van der Waals surface area contributed by atoms with Crippen LogP contribution in [0.15, 0.2) is 0 Å². The number of hydrogen-bond donors (Lipinski definition) is 4. The van der Waals surface area contributed by atoms with Gasteiger partial charge in [0.15, 0.2) is 0 Å². The summed E-state index contributed by atoms with van der Waals surface area (Å²) in [6.45, 7) is 9.42. The first-order valence-electron chi connectivity index (χ1n) is 7.05. The fourth-order valence-corrected chi connectivity index (χ4v) is 1.89. The molecule has 0 aromatic heterocycles. The Morgan fingerprint density at radius 2 is 1.67 bits per heavy atom. The van der Waals surface area contributed by atoms with Gasteiger partial charge >= 0.3 is 12.0 Å². The predicted molar refractivity (Wildman–Crippen MR) is 79.9 cm³/mol. The van der Waals surface area contributed by atoms with Crippen LogP contribution >= 0.6 is 0 Å². The number of carbonyl (C=O) groups excluding carboxylic acids is 2. The van der Waals surface area contributed by atoms with Crippen LogP contribution in [0.2, 0.25) is 0 Å². The van der Waals surface area contributed by atoms with Crippen LogP contribution in [-0.4, -0.2) is 41.6 Å². The predicted octanol–water partition coefficient (Wildman–Crippen LogP) is 1.09. The van der Waals surface area contributed by atoms with E-state index in [-0.39, 0.29) is 30.3 Å². The molecule has 7 heteroatoms. The molecule has 0 radical (unpaired) electrons. The molecule has 0 saturated heterocycles. The van der Waals surface area contributed by atoms with Crippen molar-refractivity contribution in [3.8, 4) is 0 Å². The molecule has 7 nitrogen and oxygen atoms in total. The molecule has 0 aliphatic carbocycles. The van der Waals surface area contributed by atoms with Gasteiger partial charge in [-0.05, 0) is 25.7 Å². The van der Waals surface area contributed by atoms with Gasteiger partial charge in [-0.1, -0.05) is 20.8 Å². The van der Waals surface area contributed by atoms with Gasteiger partial charge in [0.05, 0.1) is 13.0 Å². The molecule has 0 aliphatic heterocycles. The van der Waals surface area contributed by atoms with Gasteiger partial charge in [-0.15, -0.1) is 0 Å². The summed E-state index contributed by atoms with van der Waals surface area (Å²) < 4.78 is 0. The third-order valence-corrected chi connectivity index (χ3v) is 2.47. The van der Waals surface area contributed by atoms with Crippen molar-refractivity contribution in [3.63, 3.8) is 0 Å². The fourth-order valence-electron chi connectivity index (χ4n) is 1.89. The van der Waals surface area contributed by atoms with Crippen LogP contribution in [0, 0.1) is 5.41 Å². The van der Waals surface area contributed by atoms with Crippen LogP contribution < -0.4 is 16.0 Å². The Hall–Kier alpha value is -1.79. The summed E-state index contributed by atoms with van der Waals surface area (Å²) >= 11 is 0. The maximum Gasteiger partial charge on any atom is 0.315 e. The first-order chi connectivity index (χ1) is 9.49. The summed E-state index contributed by atoms with van der Waals surface area (Å²) in [4.78, 5) is 33.9. The molecule has 0 fully saturated rings. The van der Waals surface area contributed by atoms with Gasteiger partial charge in [-0.3, -0.25) is 9.59 Å². The first kappa shape index (κ1) is 19.2. The molecule has 122 valence electrons. The Balaban J connectivity index is 4.33. The van der Waals surface area contributed by atoms with E-state index in [2.05, 4.69) is 16.0 Å². The summed E-state index contributed by atoms with van der Waals surface area (Å²) in [7, 11) is 0. The van der Waals surface area contributed by atoms with Gasteiger partial charge in [0.25, 0.3) is 0 Å². The SMILES string of the molecule is CC(C)NC(=O)CNC(=O)NC(CC(=O)O)CC(C)(C)C. The molecule has 21 heavy (non-hydrogen) atoms. The first-order valence-corrected chi connectivity index (χ1v) is 7.05. The number of carboxylic acid groups (broad SMARTS) is 1. The van der Waals surface area contributed by atoms with Crippen molar-refractivity contribution >= 4 is 17.9 Å². The normalized spacial score (nSPS) is 12.7. The summed E-state index contributed by atoms with van der Waals surface area (Å²) in [6.07, 6.45) is 0.383. The monoisotopic (exact) mass is 301 g/mol. The van der Waals surface area contributed by atoms with Gasteiger partial charge in [-0.2, -0.15) is 0 Å². The Labute approximate surface area is 125 Å². The van der Waals surface area contributed by atoms with E-state index in [1.54, 1.807) is 0 Å². The Bertz CT molecular complexity index is 375. The number of carboxylic acids is 1. The van der Waals surface area contributed by atoms with Crippen molar-refractivity contribution in [2.24, 2.45) is 5.41 Å². The zero-order valence-electron chi connectivity index (χ0n) is 13.4. The fraction of sp³-hybridized carbons (Fsp3) is 0.786. The second kappa shape index (κ2) is 8.49. The second-order valence-electron chi connectivity index (χ2n) is 6.61. The maximum atomic E-state index is 11.7. The minimum atomic E-state index is -0.970. The Kier molecular flexibility index (Phi) is 7.76. The summed E-state index contributed by atoms with van der Waals surface area (Å²) in [5, 5.41) is 16.5. The number of nitrogens with one attached hydrogen (secondary N) is 3. The molecule has 0 spiro atoms. The molecule has 4 N–H and O–H groups in total. The summed E-state index contributed by atoms with van der Waals surface area (Å²) in [5.41, 5.74) is -0.109. The summed E-state index contributed by atoms with van der Waals surface area (Å²) in [5.74, 6) is -1.26. The third kappa shape index (κ3) is 11.7. The minimum Gasteiger partial charge on any atom is -0.481 e. The molecule has 1 unspecified atom stereocenters. The molecule has 3 amide bonds. The number of amides is 3. The third-order valence-electron chi connectivity index (χ3n) is 2.47. The Morgan fingerprint density at radius 3 is 2.10 bits per heavy atom.